The van der Waals surface area contributed by atoms with Crippen LogP contribution in [-0.2, 0) is 10.0 Å². The molecule has 1 unspecified atom stereocenters. The molecule has 2 aromatic rings. The fourth-order valence-electron chi connectivity index (χ4n) is 2.38. The Kier molecular flexibility index (Phi) is 6.23. The van der Waals surface area contributed by atoms with E-state index in [0.717, 1.165) is 42.5 Å². The Balaban J connectivity index is 2.16. The number of nitrogens with one attached hydrogen (secondary N) is 1. The molecule has 0 fully saturated rings. The third-order valence-corrected chi connectivity index (χ3v) is 5.96. The Morgan fingerprint density at radius 1 is 1.32 bits per heavy atom. The summed E-state index contributed by atoms with van der Waals surface area (Å²) in [5, 5.41) is -0.0301. The maximum absolute atomic E-state index is 13.8. The van der Waals surface area contributed by atoms with Crippen LogP contribution in [-0.4, -0.2) is 25.1 Å². The molecule has 1 N–H and O–H groups in total. The number of halogens is 2. The van der Waals surface area contributed by atoms with Gasteiger partial charge in [0.05, 0.1) is 17.5 Å². The van der Waals surface area contributed by atoms with Crippen molar-refractivity contribution in [1.29, 1.82) is 0 Å². The molecule has 0 saturated carbocycles. The summed E-state index contributed by atoms with van der Waals surface area (Å²) in [4.78, 5) is 15.9. The molecule has 1 aromatic carbocycles. The van der Waals surface area contributed by atoms with Gasteiger partial charge in [-0.1, -0.05) is 26.3 Å². The maximum atomic E-state index is 13.8. The van der Waals surface area contributed by atoms with Crippen LogP contribution in [0.5, 0.6) is 0 Å². The van der Waals surface area contributed by atoms with Crippen LogP contribution in [0.3, 0.4) is 0 Å². The van der Waals surface area contributed by atoms with Gasteiger partial charge in [-0.05, 0) is 24.5 Å². The van der Waals surface area contributed by atoms with Crippen molar-refractivity contribution < 1.29 is 22.0 Å². The summed E-state index contributed by atoms with van der Waals surface area (Å²) in [5.41, 5.74) is -0.342. The predicted molar refractivity (Wildman–Crippen MR) is 92.8 cm³/mol. The Hall–Kier alpha value is -1.87. The Bertz CT molecular complexity index is 846. The number of carbonyl (C=O) groups excluding carboxylic acids is 1. The summed E-state index contributed by atoms with van der Waals surface area (Å²) in [6.45, 7) is 3.74. The lowest BCUT2D eigenvalue weighted by Gasteiger charge is -2.11. The van der Waals surface area contributed by atoms with Crippen molar-refractivity contribution in [3.63, 3.8) is 0 Å². The second-order valence-electron chi connectivity index (χ2n) is 5.73. The van der Waals surface area contributed by atoms with Gasteiger partial charge in [0.15, 0.2) is 0 Å². The van der Waals surface area contributed by atoms with Gasteiger partial charge >= 0.3 is 0 Å². The number of amides is 1. The van der Waals surface area contributed by atoms with E-state index < -0.39 is 27.6 Å². The smallest absolute Gasteiger partial charge is 0.267 e. The van der Waals surface area contributed by atoms with Crippen molar-refractivity contribution in [2.75, 3.05) is 5.75 Å². The highest BCUT2D eigenvalue weighted by atomic mass is 32.2. The average molecular weight is 388 g/mol. The van der Waals surface area contributed by atoms with Crippen LogP contribution in [0.4, 0.5) is 8.78 Å². The van der Waals surface area contributed by atoms with Crippen molar-refractivity contribution >= 4 is 27.3 Å². The molecular formula is C16H18F2N2O3S2. The first-order chi connectivity index (χ1) is 11.7. The SMILES string of the molecule is CCCC(C)CS(=O)(=O)NC(=O)c1cnc(-c2c(F)cccc2F)s1. The minimum Gasteiger partial charge on any atom is -0.267 e. The number of rotatable bonds is 7. The Labute approximate surface area is 149 Å². The van der Waals surface area contributed by atoms with Gasteiger partial charge in [-0.15, -0.1) is 11.3 Å². The van der Waals surface area contributed by atoms with E-state index in [1.807, 2.05) is 11.6 Å². The summed E-state index contributed by atoms with van der Waals surface area (Å²) in [7, 11) is -3.79. The van der Waals surface area contributed by atoms with Gasteiger partial charge in [0.2, 0.25) is 10.0 Å². The second kappa shape index (κ2) is 8.01. The topological polar surface area (TPSA) is 76.1 Å². The molecule has 0 aliphatic rings. The number of thiazole rings is 1. The van der Waals surface area contributed by atoms with Crippen molar-refractivity contribution in [1.82, 2.24) is 9.71 Å². The number of hydrogen-bond acceptors (Lipinski definition) is 5. The number of hydrogen-bond donors (Lipinski definition) is 1. The molecule has 136 valence electrons. The summed E-state index contributed by atoms with van der Waals surface area (Å²) in [5.74, 6) is -2.71. The maximum Gasteiger partial charge on any atom is 0.276 e. The van der Waals surface area contributed by atoms with Crippen LogP contribution in [0.1, 0.15) is 36.4 Å². The molecule has 1 aromatic heterocycles. The van der Waals surface area contributed by atoms with Crippen LogP contribution in [0.2, 0.25) is 0 Å². The van der Waals surface area contributed by atoms with Gasteiger partial charge in [0, 0.05) is 0 Å². The molecule has 0 aliphatic carbocycles. The zero-order valence-corrected chi connectivity index (χ0v) is 15.4. The third-order valence-electron chi connectivity index (χ3n) is 3.44. The second-order valence-corrected chi connectivity index (χ2v) is 8.53. The molecule has 1 heterocycles. The highest BCUT2D eigenvalue weighted by molar-refractivity contribution is 7.90. The van der Waals surface area contributed by atoms with E-state index >= 15 is 0 Å². The zero-order valence-electron chi connectivity index (χ0n) is 13.8. The molecule has 0 aliphatic heterocycles. The third kappa shape index (κ3) is 5.05. The highest BCUT2D eigenvalue weighted by Gasteiger charge is 2.22. The van der Waals surface area contributed by atoms with Crippen molar-refractivity contribution in [3.05, 3.63) is 40.9 Å². The molecule has 1 atom stereocenters. The number of benzene rings is 1. The highest BCUT2D eigenvalue weighted by Crippen LogP contribution is 2.29. The van der Waals surface area contributed by atoms with Gasteiger partial charge in [-0.2, -0.15) is 0 Å². The Morgan fingerprint density at radius 2 is 1.96 bits per heavy atom. The van der Waals surface area contributed by atoms with E-state index in [2.05, 4.69) is 4.98 Å². The lowest BCUT2D eigenvalue weighted by Crippen LogP contribution is -2.34. The lowest BCUT2D eigenvalue weighted by atomic mass is 10.1. The zero-order chi connectivity index (χ0) is 18.6. The van der Waals surface area contributed by atoms with E-state index in [-0.39, 0.29) is 27.1 Å². The van der Waals surface area contributed by atoms with Crippen LogP contribution in [0.25, 0.3) is 10.6 Å². The number of carbonyl (C=O) groups is 1. The molecule has 2 rings (SSSR count). The van der Waals surface area contributed by atoms with E-state index in [1.54, 1.807) is 6.92 Å². The fraction of sp³-hybridized carbons (Fsp3) is 0.375. The molecule has 0 bridgehead atoms. The first-order valence-corrected chi connectivity index (χ1v) is 10.2. The summed E-state index contributed by atoms with van der Waals surface area (Å²) in [6.07, 6.45) is 2.68. The minimum absolute atomic E-state index is 0.0301. The predicted octanol–water partition coefficient (Wildman–Crippen LogP) is 3.58. The van der Waals surface area contributed by atoms with Crippen LogP contribution >= 0.6 is 11.3 Å². The molecular weight excluding hydrogens is 370 g/mol. The van der Waals surface area contributed by atoms with Gasteiger partial charge < -0.3 is 0 Å². The number of aromatic nitrogens is 1. The van der Waals surface area contributed by atoms with Crippen LogP contribution in [0.15, 0.2) is 24.4 Å². The fourth-order valence-corrected chi connectivity index (χ4v) is 4.70. The van der Waals surface area contributed by atoms with Gasteiger partial charge in [-0.3, -0.25) is 4.79 Å². The normalized spacial score (nSPS) is 12.8. The first kappa shape index (κ1) is 19.5. The minimum atomic E-state index is -3.79. The molecule has 1 amide bonds. The largest absolute Gasteiger partial charge is 0.276 e. The van der Waals surface area contributed by atoms with E-state index in [4.69, 9.17) is 0 Å². The van der Waals surface area contributed by atoms with E-state index in [1.165, 1.54) is 6.07 Å². The summed E-state index contributed by atoms with van der Waals surface area (Å²) >= 11 is 0.725. The molecule has 5 nitrogen and oxygen atoms in total. The summed E-state index contributed by atoms with van der Waals surface area (Å²) < 4.78 is 53.5. The van der Waals surface area contributed by atoms with Crippen molar-refractivity contribution in [3.8, 4) is 10.6 Å². The van der Waals surface area contributed by atoms with E-state index in [0.29, 0.717) is 0 Å². The van der Waals surface area contributed by atoms with Crippen molar-refractivity contribution in [2.24, 2.45) is 5.92 Å². The molecule has 9 heteroatoms. The molecule has 0 radical (unpaired) electrons. The summed E-state index contributed by atoms with van der Waals surface area (Å²) in [6, 6.07) is 3.39. The molecule has 0 spiro atoms. The van der Waals surface area contributed by atoms with Gasteiger partial charge in [-0.25, -0.2) is 26.9 Å². The number of nitrogens with zero attached hydrogens (tertiary/aromatic N) is 1. The average Bonchev–Trinajstić information content (AvgIpc) is 2.95. The lowest BCUT2D eigenvalue weighted by molar-refractivity contribution is 0.0985. The van der Waals surface area contributed by atoms with Crippen LogP contribution in [0, 0.1) is 17.6 Å². The molecule has 25 heavy (non-hydrogen) atoms. The molecule has 0 saturated heterocycles. The standard InChI is InChI=1S/C16H18F2N2O3S2/c1-3-5-10(2)9-25(22,23)20-15(21)13-8-19-16(24-13)14-11(17)6-4-7-12(14)18/h4,6-8,10H,3,5,9H2,1-2H3,(H,20,21). The Morgan fingerprint density at radius 3 is 2.56 bits per heavy atom. The van der Waals surface area contributed by atoms with Crippen molar-refractivity contribution in [2.45, 2.75) is 26.7 Å². The number of sulfonamides is 1. The monoisotopic (exact) mass is 388 g/mol. The van der Waals surface area contributed by atoms with Gasteiger partial charge in [0.1, 0.15) is 21.5 Å². The van der Waals surface area contributed by atoms with Gasteiger partial charge in [0.25, 0.3) is 5.91 Å². The quantitative estimate of drug-likeness (QED) is 0.787. The van der Waals surface area contributed by atoms with E-state index in [9.17, 15) is 22.0 Å². The van der Waals surface area contributed by atoms with Crippen LogP contribution < -0.4 is 4.72 Å². The first-order valence-electron chi connectivity index (χ1n) is 7.68.